The van der Waals surface area contributed by atoms with Crippen molar-refractivity contribution in [2.75, 3.05) is 6.54 Å². The molecule has 1 amide bonds. The van der Waals surface area contributed by atoms with E-state index in [1.54, 1.807) is 0 Å². The molecule has 2 nitrogen and oxygen atoms in total. The van der Waals surface area contributed by atoms with E-state index in [2.05, 4.69) is 35.1 Å². The van der Waals surface area contributed by atoms with Crippen molar-refractivity contribution in [3.05, 3.63) is 35.9 Å². The topological polar surface area (TPSA) is 29.1 Å². The van der Waals surface area contributed by atoms with Crippen LogP contribution in [0.1, 0.15) is 30.7 Å². The van der Waals surface area contributed by atoms with Crippen LogP contribution in [0.5, 0.6) is 0 Å². The van der Waals surface area contributed by atoms with Crippen LogP contribution in [0.15, 0.2) is 30.3 Å². The average molecular weight is 284 g/mol. The first-order chi connectivity index (χ1) is 7.61. The van der Waals surface area contributed by atoms with Crippen LogP contribution in [-0.4, -0.2) is 12.5 Å². The van der Waals surface area contributed by atoms with E-state index in [0.717, 1.165) is 18.5 Å². The smallest absolute Gasteiger partial charge is 0.238 e. The minimum absolute atomic E-state index is 0.0341. The molecule has 0 aliphatic rings. The Kier molecular flexibility index (Phi) is 5.53. The summed E-state index contributed by atoms with van der Waals surface area (Å²) >= 11 is 3.41. The van der Waals surface area contributed by atoms with Gasteiger partial charge in [-0.3, -0.25) is 4.79 Å². The molecule has 0 aliphatic carbocycles. The Morgan fingerprint density at radius 1 is 1.31 bits per heavy atom. The van der Waals surface area contributed by atoms with Gasteiger partial charge < -0.3 is 5.32 Å². The lowest BCUT2D eigenvalue weighted by molar-refractivity contribution is -0.120. The van der Waals surface area contributed by atoms with E-state index >= 15 is 0 Å². The van der Waals surface area contributed by atoms with Gasteiger partial charge in [0.15, 0.2) is 0 Å². The number of halogens is 1. The monoisotopic (exact) mass is 283 g/mol. The highest BCUT2D eigenvalue weighted by atomic mass is 79.9. The van der Waals surface area contributed by atoms with Crippen LogP contribution in [0, 0.1) is 5.92 Å². The number of benzene rings is 1. The summed E-state index contributed by atoms with van der Waals surface area (Å²) in [6, 6.07) is 9.71. The Labute approximate surface area is 106 Å². The predicted molar refractivity (Wildman–Crippen MR) is 70.6 cm³/mol. The van der Waals surface area contributed by atoms with Crippen LogP contribution in [0.3, 0.4) is 0 Å². The lowest BCUT2D eigenvalue weighted by Gasteiger charge is -2.11. The maximum atomic E-state index is 11.8. The summed E-state index contributed by atoms with van der Waals surface area (Å²) in [5.41, 5.74) is 0.990. The van der Waals surface area contributed by atoms with E-state index < -0.39 is 0 Å². The van der Waals surface area contributed by atoms with Gasteiger partial charge in [-0.2, -0.15) is 0 Å². The molecule has 0 fully saturated rings. The molecule has 1 aromatic rings. The molecule has 1 rings (SSSR count). The molecular weight excluding hydrogens is 266 g/mol. The third-order valence-corrected chi connectivity index (χ3v) is 3.29. The first-order valence-corrected chi connectivity index (χ1v) is 6.49. The first-order valence-electron chi connectivity index (χ1n) is 5.58. The van der Waals surface area contributed by atoms with Crippen molar-refractivity contribution in [2.45, 2.75) is 25.1 Å². The molecule has 0 aliphatic heterocycles. The van der Waals surface area contributed by atoms with Gasteiger partial charge in [0.1, 0.15) is 4.83 Å². The van der Waals surface area contributed by atoms with E-state index in [4.69, 9.17) is 0 Å². The zero-order valence-electron chi connectivity index (χ0n) is 9.74. The van der Waals surface area contributed by atoms with Gasteiger partial charge in [-0.05, 0) is 17.9 Å². The number of hydrogen-bond donors (Lipinski definition) is 1. The van der Waals surface area contributed by atoms with Crippen molar-refractivity contribution in [3.8, 4) is 0 Å². The summed E-state index contributed by atoms with van der Waals surface area (Å²) in [7, 11) is 0. The van der Waals surface area contributed by atoms with Crippen LogP contribution in [0.25, 0.3) is 0 Å². The van der Waals surface area contributed by atoms with Crippen molar-refractivity contribution in [3.63, 3.8) is 0 Å². The molecule has 0 heterocycles. The Bertz CT molecular complexity index is 324. The minimum atomic E-state index is -0.249. The molecule has 0 bridgehead atoms. The SMILES string of the molecule is CC(C)CCNC(=O)C(Br)c1ccccc1. The Morgan fingerprint density at radius 2 is 1.94 bits per heavy atom. The third kappa shape index (κ3) is 4.35. The number of rotatable bonds is 5. The average Bonchev–Trinajstić information content (AvgIpc) is 2.28. The van der Waals surface area contributed by atoms with Gasteiger partial charge in [0.05, 0.1) is 0 Å². The number of nitrogens with one attached hydrogen (secondary N) is 1. The quantitative estimate of drug-likeness (QED) is 0.826. The van der Waals surface area contributed by atoms with Gasteiger partial charge in [-0.1, -0.05) is 60.1 Å². The highest BCUT2D eigenvalue weighted by molar-refractivity contribution is 9.09. The van der Waals surface area contributed by atoms with Gasteiger partial charge in [0, 0.05) is 6.54 Å². The molecule has 1 unspecified atom stereocenters. The number of carbonyl (C=O) groups is 1. The van der Waals surface area contributed by atoms with E-state index in [1.165, 1.54) is 0 Å². The highest BCUT2D eigenvalue weighted by Crippen LogP contribution is 2.22. The second-order valence-electron chi connectivity index (χ2n) is 4.25. The fourth-order valence-corrected chi connectivity index (χ4v) is 1.81. The maximum absolute atomic E-state index is 11.8. The van der Waals surface area contributed by atoms with E-state index in [0.29, 0.717) is 5.92 Å². The molecule has 0 radical (unpaired) electrons. The van der Waals surface area contributed by atoms with Crippen molar-refractivity contribution >= 4 is 21.8 Å². The van der Waals surface area contributed by atoms with Gasteiger partial charge >= 0.3 is 0 Å². The number of hydrogen-bond acceptors (Lipinski definition) is 1. The first kappa shape index (κ1) is 13.2. The fourth-order valence-electron chi connectivity index (χ4n) is 1.35. The molecular formula is C13H18BrNO. The number of alkyl halides is 1. The van der Waals surface area contributed by atoms with Crippen molar-refractivity contribution in [1.29, 1.82) is 0 Å². The van der Waals surface area contributed by atoms with Crippen molar-refractivity contribution in [1.82, 2.24) is 5.32 Å². The largest absolute Gasteiger partial charge is 0.355 e. The zero-order valence-corrected chi connectivity index (χ0v) is 11.3. The molecule has 1 N–H and O–H groups in total. The van der Waals surface area contributed by atoms with Crippen LogP contribution in [0.4, 0.5) is 0 Å². The lowest BCUT2D eigenvalue weighted by Crippen LogP contribution is -2.28. The van der Waals surface area contributed by atoms with Gasteiger partial charge in [0.2, 0.25) is 5.91 Å². The molecule has 88 valence electrons. The molecule has 3 heteroatoms. The van der Waals surface area contributed by atoms with Crippen molar-refractivity contribution in [2.24, 2.45) is 5.92 Å². The summed E-state index contributed by atoms with van der Waals surface area (Å²) in [4.78, 5) is 11.5. The molecule has 1 aromatic carbocycles. The summed E-state index contributed by atoms with van der Waals surface area (Å²) in [6.07, 6.45) is 1.01. The third-order valence-electron chi connectivity index (χ3n) is 2.34. The van der Waals surface area contributed by atoms with Crippen LogP contribution in [0.2, 0.25) is 0 Å². The van der Waals surface area contributed by atoms with Crippen LogP contribution >= 0.6 is 15.9 Å². The van der Waals surface area contributed by atoms with Gasteiger partial charge in [-0.15, -0.1) is 0 Å². The summed E-state index contributed by atoms with van der Waals surface area (Å²) in [5, 5.41) is 2.93. The van der Waals surface area contributed by atoms with E-state index in [1.807, 2.05) is 30.3 Å². The highest BCUT2D eigenvalue weighted by Gasteiger charge is 2.15. The molecule has 0 saturated heterocycles. The van der Waals surface area contributed by atoms with E-state index in [-0.39, 0.29) is 10.7 Å². The number of carbonyl (C=O) groups excluding carboxylic acids is 1. The maximum Gasteiger partial charge on any atom is 0.238 e. The molecule has 0 saturated carbocycles. The Hall–Kier alpha value is -0.830. The normalized spacial score (nSPS) is 12.5. The van der Waals surface area contributed by atoms with Gasteiger partial charge in [-0.25, -0.2) is 0 Å². The molecule has 0 aromatic heterocycles. The second-order valence-corrected chi connectivity index (χ2v) is 5.16. The second kappa shape index (κ2) is 6.69. The molecule has 16 heavy (non-hydrogen) atoms. The summed E-state index contributed by atoms with van der Waals surface area (Å²) in [6.45, 7) is 5.04. The Balaban J connectivity index is 2.43. The van der Waals surface area contributed by atoms with Gasteiger partial charge in [0.25, 0.3) is 0 Å². The van der Waals surface area contributed by atoms with Crippen molar-refractivity contribution < 1.29 is 4.79 Å². The number of amides is 1. The molecule has 1 atom stereocenters. The fraction of sp³-hybridized carbons (Fsp3) is 0.462. The standard InChI is InChI=1S/C13H18BrNO/c1-10(2)8-9-15-13(16)12(14)11-6-4-3-5-7-11/h3-7,10,12H,8-9H2,1-2H3,(H,15,16). The van der Waals surface area contributed by atoms with Crippen LogP contribution in [-0.2, 0) is 4.79 Å². The summed E-state index contributed by atoms with van der Waals surface area (Å²) in [5.74, 6) is 0.651. The van der Waals surface area contributed by atoms with E-state index in [9.17, 15) is 4.79 Å². The predicted octanol–water partition coefficient (Wildman–Crippen LogP) is 3.28. The summed E-state index contributed by atoms with van der Waals surface area (Å²) < 4.78 is 0. The van der Waals surface area contributed by atoms with Crippen LogP contribution < -0.4 is 5.32 Å². The lowest BCUT2D eigenvalue weighted by atomic mass is 10.1. The Morgan fingerprint density at radius 3 is 2.50 bits per heavy atom. The molecule has 0 spiro atoms. The zero-order chi connectivity index (χ0) is 12.0. The minimum Gasteiger partial charge on any atom is -0.355 e.